The Labute approximate surface area is 106 Å². The van der Waals surface area contributed by atoms with E-state index >= 15 is 0 Å². The van der Waals surface area contributed by atoms with Gasteiger partial charge in [0.25, 0.3) is 0 Å². The number of carbonyl (C=O) groups is 2. The van der Waals surface area contributed by atoms with E-state index in [-0.39, 0.29) is 44.2 Å². The molecule has 0 aliphatic rings. The number of aliphatic hydroxyl groups is 1. The van der Waals surface area contributed by atoms with E-state index in [9.17, 15) is 9.59 Å². The minimum absolute atomic E-state index is 0. The summed E-state index contributed by atoms with van der Waals surface area (Å²) in [6, 6.07) is 0. The first-order valence-corrected chi connectivity index (χ1v) is 3.86. The van der Waals surface area contributed by atoms with Crippen molar-refractivity contribution >= 4 is 11.9 Å². The van der Waals surface area contributed by atoms with Crippen LogP contribution in [0, 0.1) is 0 Å². The number of ether oxygens (including phenoxy) is 2. The zero-order valence-electron chi connectivity index (χ0n) is 9.57. The number of hydrogen-bond donors (Lipinski definition) is 1. The number of rotatable bonds is 4. The number of esters is 2. The quantitative estimate of drug-likeness (QED) is 0.245. The van der Waals surface area contributed by atoms with Crippen LogP contribution in [0.5, 0.6) is 0 Å². The first-order chi connectivity index (χ1) is 6.11. The predicted octanol–water partition coefficient (Wildman–Crippen LogP) is -2.33. The topological polar surface area (TPSA) is 72.8 Å². The number of hydrogen-bond acceptors (Lipinski definition) is 5. The average molecular weight is 212 g/mol. The van der Waals surface area contributed by atoms with Crippen LogP contribution in [0.25, 0.3) is 0 Å². The van der Waals surface area contributed by atoms with Gasteiger partial charge in [-0.1, -0.05) is 0 Å². The minimum Gasteiger partial charge on any atom is -1.00 e. The fraction of sp³-hybridized carbons (Fsp3) is 0.500. The molecule has 14 heavy (non-hydrogen) atoms. The molecule has 0 unspecified atom stereocenters. The summed E-state index contributed by atoms with van der Waals surface area (Å²) in [5.74, 6) is -2.45. The molecule has 1 N–H and O–H groups in total. The molecule has 0 radical (unpaired) electrons. The van der Waals surface area contributed by atoms with Crippen molar-refractivity contribution in [2.45, 2.75) is 13.8 Å². The predicted molar refractivity (Wildman–Crippen MR) is 45.1 cm³/mol. The molecule has 0 saturated carbocycles. The molecule has 0 spiro atoms. The van der Waals surface area contributed by atoms with Crippen molar-refractivity contribution in [2.75, 3.05) is 13.2 Å². The van der Waals surface area contributed by atoms with Gasteiger partial charge in [0.05, 0.1) is 19.3 Å². The van der Waals surface area contributed by atoms with Crippen LogP contribution in [0.2, 0.25) is 0 Å². The maximum atomic E-state index is 10.7. The Balaban J connectivity index is -0.000000720. The van der Waals surface area contributed by atoms with Gasteiger partial charge in [-0.2, -0.15) is 0 Å². The van der Waals surface area contributed by atoms with Gasteiger partial charge in [0.1, 0.15) is 0 Å². The molecule has 6 heteroatoms. The van der Waals surface area contributed by atoms with Gasteiger partial charge in [-0.25, -0.2) is 9.59 Å². The molecule has 0 atom stereocenters. The van der Waals surface area contributed by atoms with Gasteiger partial charge in [0, 0.05) is 0 Å². The van der Waals surface area contributed by atoms with Crippen LogP contribution in [-0.4, -0.2) is 30.3 Å². The van der Waals surface area contributed by atoms with E-state index < -0.39 is 17.7 Å². The third kappa shape index (κ3) is 6.94. The molecular formula is C8H13NaO5. The molecule has 5 nitrogen and oxygen atoms in total. The third-order valence-corrected chi connectivity index (χ3v) is 1.03. The largest absolute Gasteiger partial charge is 1.00 e. The second kappa shape index (κ2) is 9.05. The monoisotopic (exact) mass is 212 g/mol. The maximum absolute atomic E-state index is 10.7. The summed E-state index contributed by atoms with van der Waals surface area (Å²) >= 11 is 0. The van der Waals surface area contributed by atoms with Gasteiger partial charge >= 0.3 is 41.5 Å². The zero-order chi connectivity index (χ0) is 10.3. The Bertz CT molecular complexity index is 229. The smallest absolute Gasteiger partial charge is 1.00 e. The molecule has 76 valence electrons. The Hall–Kier alpha value is -0.520. The van der Waals surface area contributed by atoms with Crippen LogP contribution >= 0.6 is 0 Å². The molecule has 0 saturated heterocycles. The van der Waals surface area contributed by atoms with E-state index in [0.717, 1.165) is 0 Å². The van der Waals surface area contributed by atoms with Crippen LogP contribution in [0.1, 0.15) is 15.3 Å². The Kier molecular flexibility index (Phi) is 10.3. The van der Waals surface area contributed by atoms with E-state index in [1.807, 2.05) is 0 Å². The zero-order valence-corrected chi connectivity index (χ0v) is 10.6. The molecule has 0 heterocycles. The van der Waals surface area contributed by atoms with Crippen LogP contribution in [0.15, 0.2) is 11.8 Å². The Morgan fingerprint density at radius 3 is 2.21 bits per heavy atom. The van der Waals surface area contributed by atoms with E-state index in [1.54, 1.807) is 13.8 Å². The molecule has 0 fully saturated rings. The van der Waals surface area contributed by atoms with Gasteiger partial charge in [-0.15, -0.1) is 0 Å². The summed E-state index contributed by atoms with van der Waals surface area (Å²) < 4.78 is 8.88. The van der Waals surface area contributed by atoms with Gasteiger partial charge in [-0.05, 0) is 13.8 Å². The maximum Gasteiger partial charge on any atom is 1.00 e. The van der Waals surface area contributed by atoms with E-state index in [4.69, 9.17) is 5.11 Å². The van der Waals surface area contributed by atoms with Crippen molar-refractivity contribution in [3.05, 3.63) is 11.8 Å². The van der Waals surface area contributed by atoms with Gasteiger partial charge in [0.15, 0.2) is 0 Å². The van der Waals surface area contributed by atoms with Crippen molar-refractivity contribution in [3.8, 4) is 0 Å². The third-order valence-electron chi connectivity index (χ3n) is 1.03. The van der Waals surface area contributed by atoms with Crippen LogP contribution in [-0.2, 0) is 19.1 Å². The molecule has 0 aromatic rings. The molecule has 0 aliphatic heterocycles. The molecular weight excluding hydrogens is 199 g/mol. The van der Waals surface area contributed by atoms with Crippen molar-refractivity contribution in [1.29, 1.82) is 0 Å². The average Bonchev–Trinajstić information content (AvgIpc) is 2.05. The first kappa shape index (κ1) is 15.9. The van der Waals surface area contributed by atoms with Crippen molar-refractivity contribution in [1.82, 2.24) is 0 Å². The summed E-state index contributed by atoms with van der Waals surface area (Å²) in [6.45, 7) is 3.54. The molecule has 0 amide bonds. The molecule has 0 bridgehead atoms. The SMILES string of the molecule is CCOC(=O)/C=C(\O)C(=O)OCC.[H-].[Na+]. The van der Waals surface area contributed by atoms with Gasteiger partial charge < -0.3 is 16.0 Å². The van der Waals surface area contributed by atoms with Crippen molar-refractivity contribution in [2.24, 2.45) is 0 Å². The van der Waals surface area contributed by atoms with E-state index in [2.05, 4.69) is 9.47 Å². The molecule has 0 rings (SSSR count). The summed E-state index contributed by atoms with van der Waals surface area (Å²) in [7, 11) is 0. The Morgan fingerprint density at radius 2 is 1.79 bits per heavy atom. The van der Waals surface area contributed by atoms with Gasteiger partial charge in [0.2, 0.25) is 5.76 Å². The normalized spacial score (nSPS) is 10.0. The second-order valence-corrected chi connectivity index (χ2v) is 2.00. The number of aliphatic hydroxyl groups excluding tert-OH is 1. The van der Waals surface area contributed by atoms with Crippen LogP contribution < -0.4 is 29.6 Å². The fourth-order valence-electron chi connectivity index (χ4n) is 0.560. The summed E-state index contributed by atoms with van der Waals surface area (Å²) in [6.07, 6.45) is 0.682. The standard InChI is InChI=1S/C8H12O5.Na.H/c1-3-12-7(10)5-6(9)8(11)13-4-2;;/h5,9H,3-4H2,1-2H3;;/q;+1;-1/b6-5-;;. The van der Waals surface area contributed by atoms with Crippen LogP contribution in [0.3, 0.4) is 0 Å². The first-order valence-electron chi connectivity index (χ1n) is 3.86. The molecule has 0 aliphatic carbocycles. The van der Waals surface area contributed by atoms with Crippen molar-refractivity contribution < 1.29 is 55.2 Å². The summed E-state index contributed by atoms with van der Waals surface area (Å²) in [4.78, 5) is 21.4. The molecule has 0 aromatic carbocycles. The summed E-state index contributed by atoms with van der Waals surface area (Å²) in [5.41, 5.74) is 0. The van der Waals surface area contributed by atoms with E-state index in [1.165, 1.54) is 0 Å². The Morgan fingerprint density at radius 1 is 1.29 bits per heavy atom. The van der Waals surface area contributed by atoms with E-state index in [0.29, 0.717) is 6.08 Å². The molecule has 0 aromatic heterocycles. The summed E-state index contributed by atoms with van der Waals surface area (Å²) in [5, 5.41) is 8.93. The van der Waals surface area contributed by atoms with Crippen LogP contribution in [0.4, 0.5) is 0 Å². The van der Waals surface area contributed by atoms with Gasteiger partial charge in [-0.3, -0.25) is 0 Å². The minimum atomic E-state index is -0.935. The van der Waals surface area contributed by atoms with Crippen molar-refractivity contribution in [3.63, 3.8) is 0 Å². The second-order valence-electron chi connectivity index (χ2n) is 2.00. The fourth-order valence-corrected chi connectivity index (χ4v) is 0.560. The number of carbonyl (C=O) groups excluding carboxylic acids is 2.